The van der Waals surface area contributed by atoms with Gasteiger partial charge in [-0.1, -0.05) is 51.8 Å². The van der Waals surface area contributed by atoms with Crippen LogP contribution in [0.5, 0.6) is 0 Å². The first-order valence-corrected chi connectivity index (χ1v) is 10.9. The van der Waals surface area contributed by atoms with E-state index in [1.54, 1.807) is 24.3 Å². The molecule has 26 heavy (non-hydrogen) atoms. The van der Waals surface area contributed by atoms with Gasteiger partial charge in [0.2, 0.25) is 10.0 Å². The Morgan fingerprint density at radius 2 is 1.88 bits per heavy atom. The summed E-state index contributed by atoms with van der Waals surface area (Å²) in [5, 5.41) is 0.630. The van der Waals surface area contributed by atoms with E-state index in [-0.39, 0.29) is 17.5 Å². The summed E-state index contributed by atoms with van der Waals surface area (Å²) in [6, 6.07) is 14.0. The normalized spacial score (nSPS) is 17.2. The van der Waals surface area contributed by atoms with Crippen molar-refractivity contribution in [2.45, 2.75) is 10.9 Å². The molecule has 1 fully saturated rings. The molecule has 0 saturated carbocycles. The van der Waals surface area contributed by atoms with E-state index in [4.69, 9.17) is 16.3 Å². The van der Waals surface area contributed by atoms with Gasteiger partial charge in [-0.05, 0) is 29.8 Å². The monoisotopic (exact) mass is 458 g/mol. The summed E-state index contributed by atoms with van der Waals surface area (Å²) in [4.78, 5) is 2.43. The van der Waals surface area contributed by atoms with Gasteiger partial charge in [0.05, 0.1) is 18.1 Å². The Morgan fingerprint density at radius 1 is 1.15 bits per heavy atom. The number of nitrogens with one attached hydrogen (secondary N) is 1. The average molecular weight is 460 g/mol. The summed E-state index contributed by atoms with van der Waals surface area (Å²) < 4.78 is 34.2. The molecule has 2 aromatic rings. The van der Waals surface area contributed by atoms with E-state index in [0.717, 1.165) is 23.1 Å². The van der Waals surface area contributed by atoms with Crippen molar-refractivity contribution < 1.29 is 13.2 Å². The van der Waals surface area contributed by atoms with Crippen LogP contribution < -0.4 is 4.72 Å². The van der Waals surface area contributed by atoms with Crippen LogP contribution in [0, 0.1) is 0 Å². The Hall–Kier alpha value is -0.960. The predicted octanol–water partition coefficient (Wildman–Crippen LogP) is 3.45. The molecule has 1 aliphatic rings. The van der Waals surface area contributed by atoms with Crippen molar-refractivity contribution in [3.8, 4) is 0 Å². The van der Waals surface area contributed by atoms with E-state index < -0.39 is 10.0 Å². The summed E-state index contributed by atoms with van der Waals surface area (Å²) in [6.07, 6.45) is 0. The number of rotatable bonds is 6. The molecule has 1 unspecified atom stereocenters. The van der Waals surface area contributed by atoms with Crippen LogP contribution in [-0.4, -0.2) is 46.2 Å². The summed E-state index contributed by atoms with van der Waals surface area (Å²) in [6.45, 7) is 2.94. The summed E-state index contributed by atoms with van der Waals surface area (Å²) in [5.74, 6) is 0. The molecule has 0 aromatic heterocycles. The second-order valence-electron chi connectivity index (χ2n) is 5.99. The van der Waals surface area contributed by atoms with Crippen LogP contribution >= 0.6 is 27.5 Å². The molecule has 0 amide bonds. The zero-order chi connectivity index (χ0) is 18.6. The topological polar surface area (TPSA) is 58.6 Å². The summed E-state index contributed by atoms with van der Waals surface area (Å²) in [7, 11) is -3.62. The molecule has 1 atom stereocenters. The van der Waals surface area contributed by atoms with Crippen molar-refractivity contribution in [1.82, 2.24) is 9.62 Å². The van der Waals surface area contributed by atoms with E-state index in [1.807, 2.05) is 24.3 Å². The molecular weight excluding hydrogens is 440 g/mol. The molecule has 140 valence electrons. The molecule has 2 aromatic carbocycles. The zero-order valence-electron chi connectivity index (χ0n) is 14.1. The number of sulfonamides is 1. The standard InChI is InChI=1S/C18H20BrClN2O3S/c19-14-4-3-5-15(12-14)26(23,24)21-13-18(22-8-10-25-11-9-22)16-6-1-2-7-17(16)20/h1-7,12,18,21H,8-11,13H2. The molecule has 3 rings (SSSR count). The van der Waals surface area contributed by atoms with E-state index in [1.165, 1.54) is 0 Å². The van der Waals surface area contributed by atoms with Crippen LogP contribution in [-0.2, 0) is 14.8 Å². The lowest BCUT2D eigenvalue weighted by Gasteiger charge is -2.35. The highest BCUT2D eigenvalue weighted by Crippen LogP contribution is 2.28. The number of hydrogen-bond acceptors (Lipinski definition) is 4. The fourth-order valence-corrected chi connectivity index (χ4v) is 4.87. The second kappa shape index (κ2) is 8.82. The van der Waals surface area contributed by atoms with Gasteiger partial charge < -0.3 is 4.74 Å². The Labute approximate surface area is 167 Å². The molecule has 1 heterocycles. The minimum atomic E-state index is -3.62. The first kappa shape index (κ1) is 19.8. The van der Waals surface area contributed by atoms with Gasteiger partial charge in [0.25, 0.3) is 0 Å². The average Bonchev–Trinajstić information content (AvgIpc) is 2.64. The van der Waals surface area contributed by atoms with Gasteiger partial charge in [0.15, 0.2) is 0 Å². The van der Waals surface area contributed by atoms with E-state index in [0.29, 0.717) is 18.2 Å². The molecule has 0 bridgehead atoms. The van der Waals surface area contributed by atoms with E-state index in [9.17, 15) is 8.42 Å². The maximum Gasteiger partial charge on any atom is 0.240 e. The van der Waals surface area contributed by atoms with Crippen molar-refractivity contribution in [3.05, 3.63) is 63.6 Å². The SMILES string of the molecule is O=S(=O)(NCC(c1ccccc1Cl)N1CCOCC1)c1cccc(Br)c1. The summed E-state index contributed by atoms with van der Waals surface area (Å²) in [5.41, 5.74) is 0.910. The highest BCUT2D eigenvalue weighted by atomic mass is 79.9. The van der Waals surface area contributed by atoms with Gasteiger partial charge in [-0.2, -0.15) is 0 Å². The minimum Gasteiger partial charge on any atom is -0.379 e. The fourth-order valence-electron chi connectivity index (χ4n) is 2.98. The van der Waals surface area contributed by atoms with Gasteiger partial charge in [-0.15, -0.1) is 0 Å². The number of halogens is 2. The van der Waals surface area contributed by atoms with Crippen molar-refractivity contribution in [1.29, 1.82) is 0 Å². The third-order valence-corrected chi connectivity index (χ3v) is 6.58. The van der Waals surface area contributed by atoms with Crippen molar-refractivity contribution in [2.24, 2.45) is 0 Å². The van der Waals surface area contributed by atoms with Crippen LogP contribution in [0.15, 0.2) is 57.9 Å². The Bertz CT molecular complexity index is 857. The first-order chi connectivity index (χ1) is 12.5. The van der Waals surface area contributed by atoms with Gasteiger partial charge >= 0.3 is 0 Å². The van der Waals surface area contributed by atoms with Crippen LogP contribution in [0.1, 0.15) is 11.6 Å². The molecule has 1 saturated heterocycles. The molecule has 1 aliphatic heterocycles. The third kappa shape index (κ3) is 4.85. The van der Waals surface area contributed by atoms with Crippen molar-refractivity contribution in [3.63, 3.8) is 0 Å². The van der Waals surface area contributed by atoms with Crippen LogP contribution in [0.25, 0.3) is 0 Å². The summed E-state index contributed by atoms with van der Waals surface area (Å²) >= 11 is 9.70. The largest absolute Gasteiger partial charge is 0.379 e. The van der Waals surface area contributed by atoms with Crippen LogP contribution in [0.4, 0.5) is 0 Å². The van der Waals surface area contributed by atoms with Gasteiger partial charge in [0.1, 0.15) is 0 Å². The first-order valence-electron chi connectivity index (χ1n) is 8.29. The molecular formula is C18H20BrClN2O3S. The number of benzene rings is 2. The lowest BCUT2D eigenvalue weighted by molar-refractivity contribution is 0.0172. The van der Waals surface area contributed by atoms with Crippen molar-refractivity contribution >= 4 is 37.6 Å². The lowest BCUT2D eigenvalue weighted by Crippen LogP contribution is -2.43. The Morgan fingerprint density at radius 3 is 2.58 bits per heavy atom. The van der Waals surface area contributed by atoms with Crippen molar-refractivity contribution in [2.75, 3.05) is 32.8 Å². The maximum atomic E-state index is 12.7. The highest BCUT2D eigenvalue weighted by Gasteiger charge is 2.26. The maximum absolute atomic E-state index is 12.7. The molecule has 0 aliphatic carbocycles. The zero-order valence-corrected chi connectivity index (χ0v) is 17.2. The minimum absolute atomic E-state index is 0.158. The Kier molecular flexibility index (Phi) is 6.71. The fraction of sp³-hybridized carbons (Fsp3) is 0.333. The van der Waals surface area contributed by atoms with Crippen LogP contribution in [0.2, 0.25) is 5.02 Å². The van der Waals surface area contributed by atoms with Crippen LogP contribution in [0.3, 0.4) is 0 Å². The number of morpholine rings is 1. The van der Waals surface area contributed by atoms with E-state index in [2.05, 4.69) is 25.6 Å². The number of nitrogens with zero attached hydrogens (tertiary/aromatic N) is 1. The molecule has 5 nitrogen and oxygen atoms in total. The van der Waals surface area contributed by atoms with E-state index >= 15 is 0 Å². The van der Waals surface area contributed by atoms with Gasteiger partial charge in [0, 0.05) is 35.2 Å². The number of ether oxygens (including phenoxy) is 1. The molecule has 0 spiro atoms. The Balaban J connectivity index is 1.83. The molecule has 0 radical (unpaired) electrons. The molecule has 1 N–H and O–H groups in total. The van der Waals surface area contributed by atoms with Gasteiger partial charge in [-0.3, -0.25) is 4.90 Å². The molecule has 8 heteroatoms. The highest BCUT2D eigenvalue weighted by molar-refractivity contribution is 9.10. The lowest BCUT2D eigenvalue weighted by atomic mass is 10.0. The second-order valence-corrected chi connectivity index (χ2v) is 9.08. The number of hydrogen-bond donors (Lipinski definition) is 1. The predicted molar refractivity (Wildman–Crippen MR) is 106 cm³/mol. The quantitative estimate of drug-likeness (QED) is 0.719. The smallest absolute Gasteiger partial charge is 0.240 e. The van der Waals surface area contributed by atoms with Gasteiger partial charge in [-0.25, -0.2) is 13.1 Å². The third-order valence-electron chi connectivity index (χ3n) is 4.32.